The molecule has 4 N–H and O–H groups in total. The monoisotopic (exact) mass is 492 g/mol. The van der Waals surface area contributed by atoms with Crippen LogP contribution in [0.2, 0.25) is 0 Å². The number of nitrogens with one attached hydrogen (secondary N) is 3. The molecule has 0 aliphatic heterocycles. The Kier molecular flexibility index (Phi) is 9.10. The molecule has 34 heavy (non-hydrogen) atoms. The van der Waals surface area contributed by atoms with Gasteiger partial charge in [-0.25, -0.2) is 14.6 Å². The number of carbonyl (C=O) groups is 4. The highest BCUT2D eigenvalue weighted by Crippen LogP contribution is 2.25. The van der Waals surface area contributed by atoms with Crippen LogP contribution in [0.5, 0.6) is 0 Å². The lowest BCUT2D eigenvalue weighted by molar-refractivity contribution is -0.146. The van der Waals surface area contributed by atoms with Crippen molar-refractivity contribution in [1.82, 2.24) is 15.6 Å². The highest BCUT2D eigenvalue weighted by molar-refractivity contribution is 7.13. The highest BCUT2D eigenvalue weighted by Gasteiger charge is 2.25. The van der Waals surface area contributed by atoms with E-state index in [9.17, 15) is 24.3 Å². The molecular weight excluding hydrogens is 464 g/mol. The number of hydrogen-bond donors (Lipinski definition) is 4. The maximum absolute atomic E-state index is 12.5. The van der Waals surface area contributed by atoms with Gasteiger partial charge in [0.2, 0.25) is 5.91 Å². The number of hydrogen-bond acceptors (Lipinski definition) is 9. The van der Waals surface area contributed by atoms with Gasteiger partial charge in [-0.05, 0) is 52.0 Å². The standard InChI is InChI=1S/C22H28N4O7S/c1-12(17(28)25-15(10-27)20(30)32-5)23-18(29)16-11-34-19(26-16)13-6-8-14(9-7-13)24-21(31)33-22(2,3)4/h6-9,11-12,15,27H,10H2,1-5H3,(H,23,29)(H,24,31)(H,25,28)/t12-,15-/m0/s1. The number of methoxy groups -OCH3 is 1. The van der Waals surface area contributed by atoms with E-state index in [-0.39, 0.29) is 5.69 Å². The zero-order valence-corrected chi connectivity index (χ0v) is 20.3. The van der Waals surface area contributed by atoms with E-state index in [2.05, 4.69) is 25.7 Å². The summed E-state index contributed by atoms with van der Waals surface area (Å²) < 4.78 is 9.70. The van der Waals surface area contributed by atoms with Crippen molar-refractivity contribution in [2.45, 2.75) is 45.4 Å². The van der Waals surface area contributed by atoms with Gasteiger partial charge in [0.1, 0.15) is 22.3 Å². The number of rotatable bonds is 8. The molecule has 0 saturated carbocycles. The average Bonchev–Trinajstić information content (AvgIpc) is 3.26. The minimum absolute atomic E-state index is 0.113. The Balaban J connectivity index is 1.97. The maximum atomic E-state index is 12.5. The van der Waals surface area contributed by atoms with Crippen LogP contribution in [0.1, 0.15) is 38.2 Å². The summed E-state index contributed by atoms with van der Waals surface area (Å²) >= 11 is 1.24. The molecule has 0 spiro atoms. The first-order chi connectivity index (χ1) is 15.9. The van der Waals surface area contributed by atoms with Gasteiger partial charge in [0, 0.05) is 16.6 Å². The van der Waals surface area contributed by atoms with Crippen molar-refractivity contribution < 1.29 is 33.8 Å². The highest BCUT2D eigenvalue weighted by atomic mass is 32.1. The second-order valence-electron chi connectivity index (χ2n) is 8.20. The van der Waals surface area contributed by atoms with E-state index < -0.39 is 48.2 Å². The first kappa shape index (κ1) is 26.7. The van der Waals surface area contributed by atoms with Gasteiger partial charge in [-0.3, -0.25) is 14.9 Å². The van der Waals surface area contributed by atoms with Crippen molar-refractivity contribution >= 4 is 40.9 Å². The molecule has 11 nitrogen and oxygen atoms in total. The Morgan fingerprint density at radius 3 is 2.32 bits per heavy atom. The topological polar surface area (TPSA) is 156 Å². The molecule has 1 aromatic carbocycles. The minimum Gasteiger partial charge on any atom is -0.467 e. The first-order valence-electron chi connectivity index (χ1n) is 10.3. The van der Waals surface area contributed by atoms with E-state index in [1.54, 1.807) is 50.4 Å². The Bertz CT molecular complexity index is 1030. The largest absolute Gasteiger partial charge is 0.467 e. The van der Waals surface area contributed by atoms with Crippen molar-refractivity contribution in [2.24, 2.45) is 0 Å². The molecule has 0 radical (unpaired) electrons. The molecule has 2 aromatic rings. The Morgan fingerprint density at radius 1 is 1.12 bits per heavy atom. The molecule has 0 saturated heterocycles. The number of anilines is 1. The Labute approximate surface area is 200 Å². The number of nitrogens with zero attached hydrogens (tertiary/aromatic N) is 1. The second kappa shape index (κ2) is 11.6. The van der Waals surface area contributed by atoms with Gasteiger partial charge in [-0.2, -0.15) is 0 Å². The van der Waals surface area contributed by atoms with E-state index in [0.717, 1.165) is 12.7 Å². The molecule has 0 aliphatic carbocycles. The quantitative estimate of drug-likeness (QED) is 0.407. The zero-order valence-electron chi connectivity index (χ0n) is 19.5. The van der Waals surface area contributed by atoms with E-state index in [1.165, 1.54) is 18.3 Å². The Hall–Kier alpha value is -3.51. The van der Waals surface area contributed by atoms with Gasteiger partial charge in [-0.15, -0.1) is 11.3 Å². The molecular formula is C22H28N4O7S. The first-order valence-corrected chi connectivity index (χ1v) is 11.2. The molecule has 0 aliphatic rings. The fourth-order valence-corrected chi connectivity index (χ4v) is 3.39. The van der Waals surface area contributed by atoms with Crippen LogP contribution in [0.15, 0.2) is 29.6 Å². The van der Waals surface area contributed by atoms with Crippen LogP contribution in [-0.4, -0.2) is 65.4 Å². The summed E-state index contributed by atoms with van der Waals surface area (Å²) in [6.07, 6.45) is -0.566. The summed E-state index contributed by atoms with van der Waals surface area (Å²) in [6, 6.07) is 4.64. The third-order valence-electron chi connectivity index (χ3n) is 4.24. The van der Waals surface area contributed by atoms with Crippen LogP contribution in [0.25, 0.3) is 10.6 Å². The summed E-state index contributed by atoms with van der Waals surface area (Å²) in [5.41, 5.74) is 0.776. The number of aliphatic hydroxyl groups excluding tert-OH is 1. The summed E-state index contributed by atoms with van der Waals surface area (Å²) in [6.45, 7) is 6.11. The summed E-state index contributed by atoms with van der Waals surface area (Å²) in [7, 11) is 1.13. The number of amides is 3. The van der Waals surface area contributed by atoms with Gasteiger partial charge < -0.3 is 25.2 Å². The van der Waals surface area contributed by atoms with Crippen LogP contribution in [0, 0.1) is 0 Å². The lowest BCUT2D eigenvalue weighted by Crippen LogP contribution is -2.51. The van der Waals surface area contributed by atoms with Gasteiger partial charge in [0.25, 0.3) is 5.91 Å². The molecule has 2 atom stereocenters. The van der Waals surface area contributed by atoms with Crippen LogP contribution >= 0.6 is 11.3 Å². The van der Waals surface area contributed by atoms with E-state index in [1.807, 2.05) is 0 Å². The van der Waals surface area contributed by atoms with Gasteiger partial charge in [0.15, 0.2) is 6.04 Å². The lowest BCUT2D eigenvalue weighted by Gasteiger charge is -2.19. The summed E-state index contributed by atoms with van der Waals surface area (Å²) in [5, 5.41) is 18.7. The van der Waals surface area contributed by atoms with Gasteiger partial charge in [0.05, 0.1) is 13.7 Å². The molecule has 0 bridgehead atoms. The summed E-state index contributed by atoms with van der Waals surface area (Å²) in [5.74, 6) is -2.04. The molecule has 1 aromatic heterocycles. The normalized spacial score (nSPS) is 12.8. The molecule has 1 heterocycles. The molecule has 0 unspecified atom stereocenters. The van der Waals surface area contributed by atoms with Crippen molar-refractivity contribution in [3.8, 4) is 10.6 Å². The van der Waals surface area contributed by atoms with E-state index in [4.69, 9.17) is 4.74 Å². The van der Waals surface area contributed by atoms with Gasteiger partial charge in [-0.1, -0.05) is 0 Å². The summed E-state index contributed by atoms with van der Waals surface area (Å²) in [4.78, 5) is 52.4. The zero-order chi connectivity index (χ0) is 25.5. The fraction of sp³-hybridized carbons (Fsp3) is 0.409. The minimum atomic E-state index is -1.23. The number of ether oxygens (including phenoxy) is 2. The fourth-order valence-electron chi connectivity index (χ4n) is 2.58. The SMILES string of the molecule is COC(=O)[C@H](CO)NC(=O)[C@H](C)NC(=O)c1csc(-c2ccc(NC(=O)OC(C)(C)C)cc2)n1. The number of benzene rings is 1. The van der Waals surface area contributed by atoms with E-state index in [0.29, 0.717) is 10.7 Å². The molecule has 184 valence electrons. The van der Waals surface area contributed by atoms with Crippen LogP contribution in [0.3, 0.4) is 0 Å². The average molecular weight is 493 g/mol. The predicted octanol–water partition coefficient (Wildman–Crippen LogP) is 1.93. The smallest absolute Gasteiger partial charge is 0.412 e. The van der Waals surface area contributed by atoms with Crippen molar-refractivity contribution in [2.75, 3.05) is 19.0 Å². The van der Waals surface area contributed by atoms with Crippen LogP contribution in [0.4, 0.5) is 10.5 Å². The maximum Gasteiger partial charge on any atom is 0.412 e. The molecule has 12 heteroatoms. The number of aliphatic hydroxyl groups is 1. The number of thiazole rings is 1. The number of aromatic nitrogens is 1. The molecule has 0 fully saturated rings. The second-order valence-corrected chi connectivity index (χ2v) is 9.06. The lowest BCUT2D eigenvalue weighted by atomic mass is 10.2. The van der Waals surface area contributed by atoms with Crippen molar-refractivity contribution in [3.05, 3.63) is 35.3 Å². The predicted molar refractivity (Wildman–Crippen MR) is 125 cm³/mol. The Morgan fingerprint density at radius 2 is 1.76 bits per heavy atom. The van der Waals surface area contributed by atoms with E-state index >= 15 is 0 Å². The molecule has 2 rings (SSSR count). The van der Waals surface area contributed by atoms with Crippen molar-refractivity contribution in [1.29, 1.82) is 0 Å². The van der Waals surface area contributed by atoms with Crippen LogP contribution in [-0.2, 0) is 19.1 Å². The number of esters is 1. The number of carbonyl (C=O) groups excluding carboxylic acids is 4. The molecule has 3 amide bonds. The van der Waals surface area contributed by atoms with Crippen LogP contribution < -0.4 is 16.0 Å². The third-order valence-corrected chi connectivity index (χ3v) is 5.13. The van der Waals surface area contributed by atoms with Crippen molar-refractivity contribution in [3.63, 3.8) is 0 Å². The third kappa shape index (κ3) is 7.81. The van der Waals surface area contributed by atoms with Gasteiger partial charge >= 0.3 is 12.1 Å².